The number of hydrogen-bond acceptors (Lipinski definition) is 8. The summed E-state index contributed by atoms with van der Waals surface area (Å²) in [6, 6.07) is 18.3. The van der Waals surface area contributed by atoms with Gasteiger partial charge < -0.3 is 18.9 Å². The minimum atomic E-state index is -0.765. The molecule has 0 unspecified atom stereocenters. The average Bonchev–Trinajstić information content (AvgIpc) is 3.31. The van der Waals surface area contributed by atoms with Crippen molar-refractivity contribution in [3.05, 3.63) is 117 Å². The molecule has 45 heavy (non-hydrogen) atoms. The second-order valence-corrected chi connectivity index (χ2v) is 12.8. The number of halogens is 2. The van der Waals surface area contributed by atoms with Gasteiger partial charge in [0.15, 0.2) is 16.3 Å². The molecule has 0 saturated heterocycles. The molecule has 3 aromatic carbocycles. The van der Waals surface area contributed by atoms with E-state index in [0.717, 1.165) is 20.1 Å². The van der Waals surface area contributed by atoms with Gasteiger partial charge in [-0.15, -0.1) is 0 Å². The SMILES string of the molecule is CCOC(=O)C1=C(C)N=c2s/c(=C\c3ccc(OCc4ccc(Br)cc4)c(Br)c3)c(=O)n2[C@H]1c1ccc(OCC)c(OCC)c1. The van der Waals surface area contributed by atoms with Gasteiger partial charge >= 0.3 is 5.97 Å². The number of carbonyl (C=O) groups excluding carboxylic acids is 1. The summed E-state index contributed by atoms with van der Waals surface area (Å²) in [4.78, 5) is 32.5. The van der Waals surface area contributed by atoms with Gasteiger partial charge in [0.1, 0.15) is 12.4 Å². The van der Waals surface area contributed by atoms with Crippen LogP contribution in [0.1, 0.15) is 50.4 Å². The van der Waals surface area contributed by atoms with E-state index in [2.05, 4.69) is 36.9 Å². The second kappa shape index (κ2) is 14.6. The Hall–Kier alpha value is -3.67. The molecular formula is C34H32Br2N2O6S. The van der Waals surface area contributed by atoms with Gasteiger partial charge in [-0.25, -0.2) is 9.79 Å². The summed E-state index contributed by atoms with van der Waals surface area (Å²) >= 11 is 8.33. The molecule has 1 aliphatic rings. The molecule has 4 aromatic rings. The molecule has 2 heterocycles. The molecule has 8 nitrogen and oxygen atoms in total. The van der Waals surface area contributed by atoms with E-state index in [4.69, 9.17) is 18.9 Å². The van der Waals surface area contributed by atoms with Crippen LogP contribution in [0.3, 0.4) is 0 Å². The molecule has 0 radical (unpaired) electrons. The topological polar surface area (TPSA) is 88.4 Å². The highest BCUT2D eigenvalue weighted by atomic mass is 79.9. The Morgan fingerprint density at radius 1 is 0.911 bits per heavy atom. The van der Waals surface area contributed by atoms with Crippen LogP contribution in [0.25, 0.3) is 6.08 Å². The predicted molar refractivity (Wildman–Crippen MR) is 182 cm³/mol. The number of rotatable bonds is 11. The highest BCUT2D eigenvalue weighted by Crippen LogP contribution is 2.36. The van der Waals surface area contributed by atoms with Crippen LogP contribution in [-0.2, 0) is 16.1 Å². The summed E-state index contributed by atoms with van der Waals surface area (Å²) in [7, 11) is 0. The molecule has 0 N–H and O–H groups in total. The lowest BCUT2D eigenvalue weighted by Gasteiger charge is -2.25. The maximum absolute atomic E-state index is 14.1. The number of esters is 1. The van der Waals surface area contributed by atoms with Crippen molar-refractivity contribution in [2.75, 3.05) is 19.8 Å². The third-order valence-electron chi connectivity index (χ3n) is 6.96. The van der Waals surface area contributed by atoms with E-state index in [1.165, 1.54) is 11.3 Å². The molecule has 0 saturated carbocycles. The lowest BCUT2D eigenvalue weighted by atomic mass is 9.95. The molecular weight excluding hydrogens is 724 g/mol. The van der Waals surface area contributed by atoms with Crippen LogP contribution >= 0.6 is 43.2 Å². The average molecular weight is 757 g/mol. The van der Waals surface area contributed by atoms with Crippen LogP contribution < -0.4 is 29.1 Å². The van der Waals surface area contributed by atoms with E-state index < -0.39 is 12.0 Å². The van der Waals surface area contributed by atoms with E-state index >= 15 is 0 Å². The van der Waals surface area contributed by atoms with E-state index in [9.17, 15) is 9.59 Å². The number of benzene rings is 3. The van der Waals surface area contributed by atoms with Crippen LogP contribution in [0.2, 0.25) is 0 Å². The van der Waals surface area contributed by atoms with Crippen molar-refractivity contribution in [3.8, 4) is 17.2 Å². The number of allylic oxidation sites excluding steroid dienone is 1. The molecule has 1 aromatic heterocycles. The van der Waals surface area contributed by atoms with Gasteiger partial charge in [0, 0.05) is 4.47 Å². The lowest BCUT2D eigenvalue weighted by molar-refractivity contribution is -0.139. The fourth-order valence-electron chi connectivity index (χ4n) is 4.96. The maximum atomic E-state index is 14.1. The van der Waals surface area contributed by atoms with Crippen LogP contribution in [0.5, 0.6) is 17.2 Å². The Morgan fingerprint density at radius 3 is 2.31 bits per heavy atom. The van der Waals surface area contributed by atoms with Gasteiger partial charge in [-0.1, -0.05) is 51.5 Å². The summed E-state index contributed by atoms with van der Waals surface area (Å²) in [5, 5.41) is 0. The normalized spacial score (nSPS) is 14.5. The van der Waals surface area contributed by atoms with Crippen LogP contribution in [-0.4, -0.2) is 30.4 Å². The monoisotopic (exact) mass is 754 g/mol. The zero-order valence-electron chi connectivity index (χ0n) is 25.3. The number of hydrogen-bond donors (Lipinski definition) is 0. The number of carbonyl (C=O) groups is 1. The zero-order valence-corrected chi connectivity index (χ0v) is 29.3. The molecule has 11 heteroatoms. The molecule has 1 aliphatic heterocycles. The zero-order chi connectivity index (χ0) is 32.1. The Balaban J connectivity index is 1.55. The minimum absolute atomic E-state index is 0.192. The first-order valence-electron chi connectivity index (χ1n) is 14.5. The highest BCUT2D eigenvalue weighted by Gasteiger charge is 2.34. The van der Waals surface area contributed by atoms with Crippen molar-refractivity contribution < 1.29 is 23.7 Å². The molecule has 5 rings (SSSR count). The first-order chi connectivity index (χ1) is 21.7. The molecule has 0 aliphatic carbocycles. The Labute approximate surface area is 281 Å². The lowest BCUT2D eigenvalue weighted by Crippen LogP contribution is -2.40. The summed E-state index contributed by atoms with van der Waals surface area (Å²) in [6.07, 6.45) is 1.82. The van der Waals surface area contributed by atoms with Gasteiger partial charge in [0.2, 0.25) is 0 Å². The van der Waals surface area contributed by atoms with Gasteiger partial charge in [-0.3, -0.25) is 9.36 Å². The largest absolute Gasteiger partial charge is 0.490 e. The van der Waals surface area contributed by atoms with Crippen LogP contribution in [0, 0.1) is 0 Å². The number of thiazole rings is 1. The number of ether oxygens (including phenoxy) is 4. The molecule has 0 amide bonds. The first kappa shape index (κ1) is 32.7. The van der Waals surface area contributed by atoms with E-state index in [1.54, 1.807) is 24.5 Å². The van der Waals surface area contributed by atoms with Crippen molar-refractivity contribution in [1.29, 1.82) is 0 Å². The molecule has 234 valence electrons. The molecule has 0 spiro atoms. The summed E-state index contributed by atoms with van der Waals surface area (Å²) in [5.74, 6) is 1.28. The quantitative estimate of drug-likeness (QED) is 0.159. The van der Waals surface area contributed by atoms with E-state index in [0.29, 0.717) is 63.2 Å². The van der Waals surface area contributed by atoms with Crippen LogP contribution in [0.4, 0.5) is 0 Å². The Bertz CT molecular complexity index is 1930. The summed E-state index contributed by atoms with van der Waals surface area (Å²) in [6.45, 7) is 8.80. The smallest absolute Gasteiger partial charge is 0.338 e. The number of aromatic nitrogens is 1. The predicted octanol–water partition coefficient (Wildman–Crippen LogP) is 6.70. The fraction of sp³-hybridized carbons (Fsp3) is 0.265. The van der Waals surface area contributed by atoms with Crippen LogP contribution in [0.15, 0.2) is 90.7 Å². The van der Waals surface area contributed by atoms with E-state index in [1.807, 2.05) is 74.5 Å². The van der Waals surface area contributed by atoms with Crippen molar-refractivity contribution in [3.63, 3.8) is 0 Å². The van der Waals surface area contributed by atoms with Gasteiger partial charge in [-0.2, -0.15) is 0 Å². The van der Waals surface area contributed by atoms with E-state index in [-0.39, 0.29) is 12.2 Å². The minimum Gasteiger partial charge on any atom is -0.490 e. The number of nitrogens with zero attached hydrogens (tertiary/aromatic N) is 2. The van der Waals surface area contributed by atoms with Gasteiger partial charge in [0.05, 0.1) is 46.1 Å². The second-order valence-electron chi connectivity index (χ2n) is 9.98. The van der Waals surface area contributed by atoms with Crippen molar-refractivity contribution in [2.45, 2.75) is 40.3 Å². The summed E-state index contributed by atoms with van der Waals surface area (Å²) < 4.78 is 26.9. The Kier molecular flexibility index (Phi) is 10.6. The van der Waals surface area contributed by atoms with Crippen molar-refractivity contribution >= 4 is 55.2 Å². The third-order valence-corrected chi connectivity index (χ3v) is 9.09. The maximum Gasteiger partial charge on any atom is 0.338 e. The standard InChI is InChI=1S/C34H32Br2N2O6S/c1-5-41-27-15-11-23(18-28(27)42-6-2)31-30(33(40)43-7-3)20(4)37-34-38(31)32(39)29(45-34)17-22-10-14-26(25(36)16-22)44-19-21-8-12-24(35)13-9-21/h8-18,31H,5-7,19H2,1-4H3/b29-17-/t31-/m0/s1. The van der Waals surface area contributed by atoms with Crippen molar-refractivity contribution in [2.24, 2.45) is 4.99 Å². The molecule has 0 fully saturated rings. The number of fused-ring (bicyclic) bond motifs is 1. The molecule has 1 atom stereocenters. The van der Waals surface area contributed by atoms with Gasteiger partial charge in [0.25, 0.3) is 5.56 Å². The first-order valence-corrected chi connectivity index (χ1v) is 16.9. The third kappa shape index (κ3) is 7.26. The summed E-state index contributed by atoms with van der Waals surface area (Å²) in [5.41, 5.74) is 3.06. The highest BCUT2D eigenvalue weighted by molar-refractivity contribution is 9.10. The molecule has 0 bridgehead atoms. The Morgan fingerprint density at radius 2 is 1.62 bits per heavy atom. The van der Waals surface area contributed by atoms with Crippen molar-refractivity contribution in [1.82, 2.24) is 4.57 Å². The fourth-order valence-corrected chi connectivity index (χ4v) is 6.78. The van der Waals surface area contributed by atoms with Gasteiger partial charge in [-0.05, 0) is 103 Å².